The maximum absolute atomic E-state index is 12.0. The van der Waals surface area contributed by atoms with Crippen LogP contribution in [0.15, 0.2) is 18.2 Å². The maximum atomic E-state index is 12.0. The van der Waals surface area contributed by atoms with Crippen LogP contribution in [-0.2, 0) is 9.53 Å². The lowest BCUT2D eigenvalue weighted by Crippen LogP contribution is -2.20. The molecule has 6 heteroatoms. The van der Waals surface area contributed by atoms with E-state index < -0.39 is 5.97 Å². The molecular weight excluding hydrogens is 282 g/mol. The Morgan fingerprint density at radius 2 is 2.25 bits per heavy atom. The summed E-state index contributed by atoms with van der Waals surface area (Å²) in [5, 5.41) is 0.487. The largest absolute Gasteiger partial charge is 0.496 e. The number of esters is 1. The topological polar surface area (TPSA) is 55.8 Å². The highest BCUT2D eigenvalue weighted by Crippen LogP contribution is 2.24. The molecule has 0 radical (unpaired) electrons. The molecule has 5 nitrogen and oxygen atoms in total. The van der Waals surface area contributed by atoms with Gasteiger partial charge in [-0.05, 0) is 18.2 Å². The molecule has 1 aromatic carbocycles. The van der Waals surface area contributed by atoms with Crippen molar-refractivity contribution in [3.63, 3.8) is 0 Å². The summed E-state index contributed by atoms with van der Waals surface area (Å²) in [6, 6.07) is 4.73. The van der Waals surface area contributed by atoms with Crippen LogP contribution in [-0.4, -0.2) is 44.1 Å². The number of hydrogen-bond donors (Lipinski definition) is 0. The van der Waals surface area contributed by atoms with Crippen LogP contribution in [0.25, 0.3) is 0 Å². The fourth-order valence-electron chi connectivity index (χ4n) is 2.17. The number of hydrogen-bond acceptors (Lipinski definition) is 4. The van der Waals surface area contributed by atoms with Gasteiger partial charge in [-0.1, -0.05) is 11.6 Å². The SMILES string of the molecule is COc1cc(Cl)ccc1C(=O)OCC1CC(=O)N(C)C1. The molecule has 0 N–H and O–H groups in total. The number of halogens is 1. The van der Waals surface area contributed by atoms with Crippen molar-refractivity contribution in [2.24, 2.45) is 5.92 Å². The summed E-state index contributed by atoms with van der Waals surface area (Å²) >= 11 is 5.84. The van der Waals surface area contributed by atoms with Gasteiger partial charge in [0.05, 0.1) is 13.7 Å². The van der Waals surface area contributed by atoms with Crippen LogP contribution in [0, 0.1) is 5.92 Å². The van der Waals surface area contributed by atoms with E-state index in [1.165, 1.54) is 7.11 Å². The highest BCUT2D eigenvalue weighted by molar-refractivity contribution is 6.30. The number of ether oxygens (including phenoxy) is 2. The van der Waals surface area contributed by atoms with Gasteiger partial charge in [0, 0.05) is 31.0 Å². The van der Waals surface area contributed by atoms with Crippen molar-refractivity contribution in [2.75, 3.05) is 27.3 Å². The number of carbonyl (C=O) groups excluding carboxylic acids is 2. The minimum Gasteiger partial charge on any atom is -0.496 e. The number of amides is 1. The minimum atomic E-state index is -0.472. The van der Waals surface area contributed by atoms with Crippen LogP contribution in [0.2, 0.25) is 5.02 Å². The standard InChI is InChI=1S/C14H16ClNO4/c1-16-7-9(5-13(16)17)8-20-14(18)11-4-3-10(15)6-12(11)19-2/h3-4,6,9H,5,7-8H2,1-2H3. The molecule has 1 fully saturated rings. The Morgan fingerprint density at radius 1 is 1.50 bits per heavy atom. The maximum Gasteiger partial charge on any atom is 0.341 e. The number of likely N-dealkylation sites (tertiary alicyclic amines) is 1. The predicted octanol–water partition coefficient (Wildman–Crippen LogP) is 1.98. The molecule has 1 unspecified atom stereocenters. The Bertz CT molecular complexity index is 532. The fourth-order valence-corrected chi connectivity index (χ4v) is 2.34. The highest BCUT2D eigenvalue weighted by Gasteiger charge is 2.28. The smallest absolute Gasteiger partial charge is 0.341 e. The predicted molar refractivity (Wildman–Crippen MR) is 74.0 cm³/mol. The molecule has 2 rings (SSSR count). The third-order valence-corrected chi connectivity index (χ3v) is 3.49. The first kappa shape index (κ1) is 14.7. The van der Waals surface area contributed by atoms with Gasteiger partial charge < -0.3 is 14.4 Å². The van der Waals surface area contributed by atoms with Gasteiger partial charge >= 0.3 is 5.97 Å². The van der Waals surface area contributed by atoms with Crippen LogP contribution in [0.5, 0.6) is 5.75 Å². The molecule has 1 amide bonds. The molecule has 1 aromatic rings. The molecule has 1 heterocycles. The Morgan fingerprint density at radius 3 is 2.85 bits per heavy atom. The Hall–Kier alpha value is -1.75. The van der Waals surface area contributed by atoms with Crippen molar-refractivity contribution in [1.29, 1.82) is 0 Å². The summed E-state index contributed by atoms with van der Waals surface area (Å²) < 4.78 is 10.4. The van der Waals surface area contributed by atoms with E-state index in [0.717, 1.165) is 0 Å². The van der Waals surface area contributed by atoms with Crippen LogP contribution in [0.4, 0.5) is 0 Å². The highest BCUT2D eigenvalue weighted by atomic mass is 35.5. The second-order valence-corrected chi connectivity index (χ2v) is 5.22. The van der Waals surface area contributed by atoms with Crippen molar-refractivity contribution in [2.45, 2.75) is 6.42 Å². The lowest BCUT2D eigenvalue weighted by atomic mass is 10.1. The summed E-state index contributed by atoms with van der Waals surface area (Å²) in [5.74, 6) is 0.0347. The average molecular weight is 298 g/mol. The van der Waals surface area contributed by atoms with Crippen molar-refractivity contribution >= 4 is 23.5 Å². The molecule has 0 aromatic heterocycles. The number of nitrogens with zero attached hydrogens (tertiary/aromatic N) is 1. The third kappa shape index (κ3) is 3.22. The Balaban J connectivity index is 1.97. The van der Waals surface area contributed by atoms with Crippen molar-refractivity contribution < 1.29 is 19.1 Å². The van der Waals surface area contributed by atoms with Crippen molar-refractivity contribution in [1.82, 2.24) is 4.90 Å². The van der Waals surface area contributed by atoms with Crippen LogP contribution in [0.1, 0.15) is 16.8 Å². The lowest BCUT2D eigenvalue weighted by Gasteiger charge is -2.12. The molecule has 20 heavy (non-hydrogen) atoms. The number of carbonyl (C=O) groups is 2. The van der Waals surface area contributed by atoms with E-state index in [1.807, 2.05) is 0 Å². The summed E-state index contributed by atoms with van der Waals surface area (Å²) in [6.07, 6.45) is 0.418. The second kappa shape index (κ2) is 6.13. The Labute approximate surface area is 122 Å². The van der Waals surface area contributed by atoms with Gasteiger partial charge in [0.25, 0.3) is 0 Å². The number of rotatable bonds is 4. The molecule has 0 saturated carbocycles. The zero-order valence-electron chi connectivity index (χ0n) is 11.4. The van der Waals surface area contributed by atoms with E-state index in [1.54, 1.807) is 30.1 Å². The molecule has 1 atom stereocenters. The molecular formula is C14H16ClNO4. The summed E-state index contributed by atoms with van der Waals surface area (Å²) in [7, 11) is 3.21. The van der Waals surface area contributed by atoms with Gasteiger partial charge in [0.1, 0.15) is 11.3 Å². The van der Waals surface area contributed by atoms with E-state index >= 15 is 0 Å². The van der Waals surface area contributed by atoms with E-state index in [4.69, 9.17) is 21.1 Å². The van der Waals surface area contributed by atoms with E-state index in [-0.39, 0.29) is 18.4 Å². The molecule has 1 aliphatic rings. The minimum absolute atomic E-state index is 0.0507. The van der Waals surface area contributed by atoms with Crippen LogP contribution in [0.3, 0.4) is 0 Å². The molecule has 1 saturated heterocycles. The number of benzene rings is 1. The van der Waals surface area contributed by atoms with E-state index in [9.17, 15) is 9.59 Å². The summed E-state index contributed by atoms with van der Waals surface area (Å²) in [6.45, 7) is 0.838. The Kier molecular flexibility index (Phi) is 4.49. The first-order valence-electron chi connectivity index (χ1n) is 6.26. The molecule has 0 aliphatic carbocycles. The van der Waals surface area contributed by atoms with E-state index in [2.05, 4.69) is 0 Å². The average Bonchev–Trinajstić information content (AvgIpc) is 2.75. The van der Waals surface area contributed by atoms with Crippen LogP contribution >= 0.6 is 11.6 Å². The normalized spacial score (nSPS) is 18.2. The van der Waals surface area contributed by atoms with Crippen LogP contribution < -0.4 is 4.74 Å². The van der Waals surface area contributed by atoms with Gasteiger partial charge in [-0.3, -0.25) is 4.79 Å². The van der Waals surface area contributed by atoms with Crippen molar-refractivity contribution in [3.8, 4) is 5.75 Å². The fraction of sp³-hybridized carbons (Fsp3) is 0.429. The van der Waals surface area contributed by atoms with Gasteiger partial charge in [-0.2, -0.15) is 0 Å². The molecule has 0 bridgehead atoms. The molecule has 108 valence electrons. The first-order chi connectivity index (χ1) is 9.51. The molecule has 0 spiro atoms. The van der Waals surface area contributed by atoms with Crippen molar-refractivity contribution in [3.05, 3.63) is 28.8 Å². The third-order valence-electron chi connectivity index (χ3n) is 3.25. The first-order valence-corrected chi connectivity index (χ1v) is 6.63. The van der Waals surface area contributed by atoms with E-state index in [0.29, 0.717) is 29.3 Å². The summed E-state index contributed by atoms with van der Waals surface area (Å²) in [4.78, 5) is 25.0. The zero-order chi connectivity index (χ0) is 14.7. The second-order valence-electron chi connectivity index (χ2n) is 4.79. The van der Waals surface area contributed by atoms with Gasteiger partial charge in [0.2, 0.25) is 5.91 Å². The lowest BCUT2D eigenvalue weighted by molar-refractivity contribution is -0.126. The van der Waals surface area contributed by atoms with Gasteiger partial charge in [-0.15, -0.1) is 0 Å². The quantitative estimate of drug-likeness (QED) is 0.798. The summed E-state index contributed by atoms with van der Waals surface area (Å²) in [5.41, 5.74) is 0.328. The van der Waals surface area contributed by atoms with Gasteiger partial charge in [-0.25, -0.2) is 4.79 Å². The zero-order valence-corrected chi connectivity index (χ0v) is 12.1. The number of methoxy groups -OCH3 is 1. The van der Waals surface area contributed by atoms with Gasteiger partial charge in [0.15, 0.2) is 0 Å². The molecule has 1 aliphatic heterocycles. The monoisotopic (exact) mass is 297 g/mol.